The topological polar surface area (TPSA) is 71.5 Å². The van der Waals surface area contributed by atoms with Crippen LogP contribution in [0.3, 0.4) is 0 Å². The Labute approximate surface area is 138 Å². The average Bonchev–Trinajstić information content (AvgIpc) is 3.16. The van der Waals surface area contributed by atoms with Crippen molar-refractivity contribution in [2.75, 3.05) is 18.9 Å². The van der Waals surface area contributed by atoms with Crippen molar-refractivity contribution in [1.82, 2.24) is 9.88 Å². The number of rotatable bonds is 4. The highest BCUT2D eigenvalue weighted by atomic mass is 32.1. The van der Waals surface area contributed by atoms with Gasteiger partial charge in [0.05, 0.1) is 5.51 Å². The second-order valence-electron chi connectivity index (χ2n) is 5.46. The molecule has 2 amide bonds. The molecule has 1 saturated heterocycles. The van der Waals surface area contributed by atoms with E-state index in [0.29, 0.717) is 30.1 Å². The Bertz CT molecular complexity index is 730. The molecule has 1 aliphatic heterocycles. The Hall–Kier alpha value is -2.41. The summed E-state index contributed by atoms with van der Waals surface area (Å²) in [6, 6.07) is 5.36. The maximum Gasteiger partial charge on any atom is 0.275 e. The first kappa shape index (κ1) is 15.5. The van der Waals surface area contributed by atoms with Gasteiger partial charge in [-0.1, -0.05) is 0 Å². The van der Waals surface area contributed by atoms with Crippen molar-refractivity contribution in [1.29, 1.82) is 0 Å². The van der Waals surface area contributed by atoms with Gasteiger partial charge in [-0.25, -0.2) is 4.98 Å². The number of hydrogen-bond donors (Lipinski definition) is 1. The lowest BCUT2D eigenvalue weighted by atomic mass is 10.2. The number of nitrogens with one attached hydrogen (secondary N) is 1. The highest BCUT2D eigenvalue weighted by molar-refractivity contribution is 7.07. The van der Waals surface area contributed by atoms with Crippen molar-refractivity contribution in [2.45, 2.75) is 19.4 Å². The van der Waals surface area contributed by atoms with Crippen LogP contribution in [-0.4, -0.2) is 41.4 Å². The van der Waals surface area contributed by atoms with Gasteiger partial charge in [0, 0.05) is 31.1 Å². The van der Waals surface area contributed by atoms with E-state index in [1.807, 2.05) is 13.0 Å². The molecule has 0 aliphatic carbocycles. The fraction of sp³-hybridized carbons (Fsp3) is 0.312. The van der Waals surface area contributed by atoms with E-state index in [9.17, 15) is 9.59 Å². The summed E-state index contributed by atoms with van der Waals surface area (Å²) in [5, 5.41) is 4.52. The van der Waals surface area contributed by atoms with E-state index < -0.39 is 6.10 Å². The summed E-state index contributed by atoms with van der Waals surface area (Å²) in [6.07, 6.45) is 0.270. The maximum atomic E-state index is 12.0. The lowest BCUT2D eigenvalue weighted by Crippen LogP contribution is -2.29. The van der Waals surface area contributed by atoms with Crippen LogP contribution in [0, 0.1) is 6.92 Å². The first-order valence-corrected chi connectivity index (χ1v) is 8.20. The van der Waals surface area contributed by atoms with Crippen LogP contribution in [0.2, 0.25) is 0 Å². The molecule has 0 radical (unpaired) electrons. The maximum absolute atomic E-state index is 12.0. The summed E-state index contributed by atoms with van der Waals surface area (Å²) >= 11 is 1.38. The predicted octanol–water partition coefficient (Wildman–Crippen LogP) is 2.31. The predicted molar refractivity (Wildman–Crippen MR) is 87.9 cm³/mol. The molecular formula is C16H17N3O3S. The molecule has 0 saturated carbocycles. The molecule has 1 N–H and O–H groups in total. The molecule has 0 bridgehead atoms. The zero-order chi connectivity index (χ0) is 16.4. The van der Waals surface area contributed by atoms with Gasteiger partial charge in [0.2, 0.25) is 0 Å². The highest BCUT2D eigenvalue weighted by Crippen LogP contribution is 2.24. The summed E-state index contributed by atoms with van der Waals surface area (Å²) in [4.78, 5) is 29.5. The summed E-state index contributed by atoms with van der Waals surface area (Å²) in [5.74, 6) is 0.391. The zero-order valence-corrected chi connectivity index (χ0v) is 13.7. The van der Waals surface area contributed by atoms with Crippen LogP contribution in [0.4, 0.5) is 5.69 Å². The van der Waals surface area contributed by atoms with Crippen LogP contribution < -0.4 is 10.1 Å². The molecule has 1 aliphatic rings. The molecule has 2 aromatic rings. The number of thiazole rings is 1. The summed E-state index contributed by atoms with van der Waals surface area (Å²) in [7, 11) is 1.77. The SMILES string of the molecule is Cc1cc(O[C@@H]2CCN(C)C2=O)ccc1NC(=O)c1cscn1. The Morgan fingerprint density at radius 1 is 1.48 bits per heavy atom. The number of anilines is 1. The number of hydrogen-bond acceptors (Lipinski definition) is 5. The molecule has 6 nitrogen and oxygen atoms in total. The minimum Gasteiger partial charge on any atom is -0.481 e. The summed E-state index contributed by atoms with van der Waals surface area (Å²) in [6.45, 7) is 2.59. The fourth-order valence-electron chi connectivity index (χ4n) is 2.42. The molecule has 120 valence electrons. The van der Waals surface area contributed by atoms with Gasteiger partial charge >= 0.3 is 0 Å². The molecule has 1 aromatic heterocycles. The third-order valence-electron chi connectivity index (χ3n) is 3.77. The van der Waals surface area contributed by atoms with Gasteiger partial charge in [-0.2, -0.15) is 0 Å². The van der Waals surface area contributed by atoms with Crippen LogP contribution >= 0.6 is 11.3 Å². The number of benzene rings is 1. The molecule has 1 atom stereocenters. The Kier molecular flexibility index (Phi) is 4.29. The normalized spacial score (nSPS) is 17.4. The molecule has 7 heteroatoms. The fourth-order valence-corrected chi connectivity index (χ4v) is 2.96. The lowest BCUT2D eigenvalue weighted by molar-refractivity contribution is -0.132. The number of carbonyl (C=O) groups excluding carboxylic acids is 2. The van der Waals surface area contributed by atoms with E-state index >= 15 is 0 Å². The van der Waals surface area contributed by atoms with Crippen LogP contribution in [0.5, 0.6) is 5.75 Å². The second-order valence-corrected chi connectivity index (χ2v) is 6.18. The van der Waals surface area contributed by atoms with Crippen molar-refractivity contribution >= 4 is 28.8 Å². The Morgan fingerprint density at radius 3 is 2.91 bits per heavy atom. The Balaban J connectivity index is 1.68. The highest BCUT2D eigenvalue weighted by Gasteiger charge is 2.30. The van der Waals surface area contributed by atoms with Crippen molar-refractivity contribution in [3.05, 3.63) is 40.3 Å². The lowest BCUT2D eigenvalue weighted by Gasteiger charge is -2.15. The van der Waals surface area contributed by atoms with Crippen LogP contribution in [0.1, 0.15) is 22.5 Å². The first-order valence-electron chi connectivity index (χ1n) is 7.26. The van der Waals surface area contributed by atoms with E-state index in [4.69, 9.17) is 4.74 Å². The summed E-state index contributed by atoms with van der Waals surface area (Å²) < 4.78 is 5.76. The number of amides is 2. The average molecular weight is 331 g/mol. The molecule has 1 aromatic carbocycles. The number of ether oxygens (including phenoxy) is 1. The standard InChI is InChI=1S/C16H17N3O3S/c1-10-7-11(22-14-5-6-19(2)16(14)21)3-4-12(10)18-15(20)13-8-23-9-17-13/h3-4,7-9,14H,5-6H2,1-2H3,(H,18,20)/t14-/m1/s1. The Morgan fingerprint density at radius 2 is 2.30 bits per heavy atom. The summed E-state index contributed by atoms with van der Waals surface area (Å²) in [5.41, 5.74) is 3.58. The van der Waals surface area contributed by atoms with Crippen molar-refractivity contribution in [2.24, 2.45) is 0 Å². The number of nitrogens with zero attached hydrogens (tertiary/aromatic N) is 2. The second kappa shape index (κ2) is 6.37. The van der Waals surface area contributed by atoms with Crippen LogP contribution in [0.15, 0.2) is 29.1 Å². The van der Waals surface area contributed by atoms with E-state index in [2.05, 4.69) is 10.3 Å². The molecule has 2 heterocycles. The van der Waals surface area contributed by atoms with Gasteiger partial charge in [0.15, 0.2) is 6.10 Å². The monoisotopic (exact) mass is 331 g/mol. The number of likely N-dealkylation sites (N-methyl/N-ethyl adjacent to an activating group) is 1. The minimum atomic E-state index is -0.421. The van der Waals surface area contributed by atoms with E-state index in [0.717, 1.165) is 5.56 Å². The van der Waals surface area contributed by atoms with Gasteiger partial charge in [-0.15, -0.1) is 11.3 Å². The third-order valence-corrected chi connectivity index (χ3v) is 4.35. The molecule has 0 spiro atoms. The third kappa shape index (κ3) is 3.34. The molecular weight excluding hydrogens is 314 g/mol. The van der Waals surface area contributed by atoms with Crippen LogP contribution in [0.25, 0.3) is 0 Å². The molecule has 0 unspecified atom stereocenters. The number of aromatic nitrogens is 1. The number of likely N-dealkylation sites (tertiary alicyclic amines) is 1. The van der Waals surface area contributed by atoms with Gasteiger partial charge in [-0.05, 0) is 30.7 Å². The minimum absolute atomic E-state index is 0.00330. The van der Waals surface area contributed by atoms with Gasteiger partial charge < -0.3 is 15.0 Å². The van der Waals surface area contributed by atoms with E-state index in [1.54, 1.807) is 35.0 Å². The molecule has 23 heavy (non-hydrogen) atoms. The largest absolute Gasteiger partial charge is 0.481 e. The van der Waals surface area contributed by atoms with E-state index in [-0.39, 0.29) is 11.8 Å². The van der Waals surface area contributed by atoms with Gasteiger partial charge in [0.25, 0.3) is 11.8 Å². The van der Waals surface area contributed by atoms with Gasteiger partial charge in [-0.3, -0.25) is 9.59 Å². The number of aryl methyl sites for hydroxylation is 1. The number of carbonyl (C=O) groups is 2. The van der Waals surface area contributed by atoms with Crippen molar-refractivity contribution in [3.8, 4) is 5.75 Å². The smallest absolute Gasteiger partial charge is 0.275 e. The van der Waals surface area contributed by atoms with E-state index in [1.165, 1.54) is 11.3 Å². The molecule has 1 fully saturated rings. The quantitative estimate of drug-likeness (QED) is 0.933. The van der Waals surface area contributed by atoms with Crippen LogP contribution in [-0.2, 0) is 4.79 Å². The zero-order valence-electron chi connectivity index (χ0n) is 12.9. The molecule has 3 rings (SSSR count). The van der Waals surface area contributed by atoms with Crippen molar-refractivity contribution < 1.29 is 14.3 Å². The first-order chi connectivity index (χ1) is 11.0. The van der Waals surface area contributed by atoms with Crippen molar-refractivity contribution in [3.63, 3.8) is 0 Å². The van der Waals surface area contributed by atoms with Gasteiger partial charge in [0.1, 0.15) is 11.4 Å².